The number of fused-ring (bicyclic) bond motifs is 6. The van der Waals surface area contributed by atoms with Crippen LogP contribution >= 0.6 is 7.26 Å². The maximum atomic E-state index is 2.52. The van der Waals surface area contributed by atoms with Gasteiger partial charge in [0.15, 0.2) is 0 Å². The monoisotopic (exact) mass is 677 g/mol. The van der Waals surface area contributed by atoms with Gasteiger partial charge in [-0.3, -0.25) is 0 Å². The third kappa shape index (κ3) is 4.28. The fourth-order valence-corrected chi connectivity index (χ4v) is 12.0. The van der Waals surface area contributed by atoms with Crippen LogP contribution in [0.5, 0.6) is 0 Å². The topological polar surface area (TPSA) is 9.72 Å². The summed E-state index contributed by atoms with van der Waals surface area (Å²) in [6, 6.07) is 60.8. The van der Waals surface area contributed by atoms with E-state index in [9.17, 15) is 0 Å². The Morgan fingerprint density at radius 1 is 0.392 bits per heavy atom. The molecule has 0 saturated carbocycles. The van der Waals surface area contributed by atoms with E-state index in [4.69, 9.17) is 0 Å². The molecule has 51 heavy (non-hydrogen) atoms. The van der Waals surface area contributed by atoms with Gasteiger partial charge in [-0.05, 0) is 17.2 Å². The van der Waals surface area contributed by atoms with Crippen LogP contribution in [0.3, 0.4) is 0 Å². The number of benzene rings is 7. The average molecular weight is 678 g/mol. The standard InChI is InChI=1S/C47H40N3P/c1-47(2)36-17-8-9-19-38(36)50-43-31-33(32-15-6-5-7-16-32)25-30-39(43)48(42-22-14-18-37(47)46(42)50)34-26-28-35(29-27-34)49-40-20-10-12-23-44(40)51(3,4)45-24-13-11-21-41(45)49/h5-31,51H,1-4H3. The third-order valence-electron chi connectivity index (χ3n) is 11.5. The van der Waals surface area contributed by atoms with E-state index in [-0.39, 0.29) is 5.41 Å². The molecule has 0 aromatic heterocycles. The van der Waals surface area contributed by atoms with Crippen molar-refractivity contribution >= 4 is 69.1 Å². The number of para-hydroxylation sites is 4. The molecule has 0 aliphatic carbocycles. The summed E-state index contributed by atoms with van der Waals surface area (Å²) in [5.41, 5.74) is 15.9. The van der Waals surface area contributed by atoms with Crippen molar-refractivity contribution < 1.29 is 0 Å². The van der Waals surface area contributed by atoms with Crippen molar-refractivity contribution in [2.75, 3.05) is 28.0 Å². The Hall–Kier alpha value is -5.63. The van der Waals surface area contributed by atoms with Gasteiger partial charge in [-0.1, -0.05) is 62.4 Å². The van der Waals surface area contributed by atoms with Crippen LogP contribution in [0.1, 0.15) is 25.0 Å². The van der Waals surface area contributed by atoms with E-state index in [1.165, 1.54) is 78.4 Å². The van der Waals surface area contributed by atoms with E-state index >= 15 is 0 Å². The summed E-state index contributed by atoms with van der Waals surface area (Å²) in [4.78, 5) is 7.46. The zero-order valence-corrected chi connectivity index (χ0v) is 30.4. The van der Waals surface area contributed by atoms with Crippen molar-refractivity contribution in [1.29, 1.82) is 0 Å². The summed E-state index contributed by atoms with van der Waals surface area (Å²) >= 11 is 0. The predicted molar refractivity (Wildman–Crippen MR) is 221 cm³/mol. The Balaban J connectivity index is 1.17. The average Bonchev–Trinajstić information content (AvgIpc) is 3.17. The minimum absolute atomic E-state index is 0.158. The molecule has 0 bridgehead atoms. The van der Waals surface area contributed by atoms with Crippen molar-refractivity contribution in [2.45, 2.75) is 19.3 Å². The molecular formula is C47H40N3P. The number of hydrogen-bond acceptors (Lipinski definition) is 3. The fraction of sp³-hybridized carbons (Fsp3) is 0.106. The molecule has 248 valence electrons. The molecule has 3 nitrogen and oxygen atoms in total. The van der Waals surface area contributed by atoms with Crippen LogP contribution in [0, 0.1) is 0 Å². The number of anilines is 9. The van der Waals surface area contributed by atoms with Crippen molar-refractivity contribution in [3.8, 4) is 11.1 Å². The van der Waals surface area contributed by atoms with Gasteiger partial charge < -0.3 is 0 Å². The van der Waals surface area contributed by atoms with Crippen LogP contribution in [0.15, 0.2) is 164 Å². The molecule has 0 atom stereocenters. The van der Waals surface area contributed by atoms with Crippen molar-refractivity contribution in [2.24, 2.45) is 0 Å². The second kappa shape index (κ2) is 10.9. The molecule has 7 aromatic rings. The van der Waals surface area contributed by atoms with Crippen LogP contribution < -0.4 is 25.3 Å². The maximum absolute atomic E-state index is 2.52. The first-order chi connectivity index (χ1) is 24.8. The second-order valence-corrected chi connectivity index (χ2v) is 19.4. The van der Waals surface area contributed by atoms with E-state index in [1.54, 1.807) is 0 Å². The molecule has 3 aliphatic heterocycles. The molecule has 4 heteroatoms. The Bertz CT molecular complexity index is 2450. The molecule has 0 radical (unpaired) electrons. The van der Waals surface area contributed by atoms with Crippen LogP contribution in [0.25, 0.3) is 11.1 Å². The van der Waals surface area contributed by atoms with Crippen LogP contribution in [-0.2, 0) is 5.41 Å². The van der Waals surface area contributed by atoms with Gasteiger partial charge in [-0.2, -0.15) is 0 Å². The molecule has 0 spiro atoms. The first kappa shape index (κ1) is 30.2. The predicted octanol–water partition coefficient (Wildman–Crippen LogP) is 12.0. The summed E-state index contributed by atoms with van der Waals surface area (Å²) < 4.78 is 0. The van der Waals surface area contributed by atoms with Gasteiger partial charge in [0.1, 0.15) is 0 Å². The number of nitrogens with zero attached hydrogens (tertiary/aromatic N) is 3. The van der Waals surface area contributed by atoms with Gasteiger partial charge in [0.05, 0.1) is 0 Å². The van der Waals surface area contributed by atoms with Crippen molar-refractivity contribution in [3.63, 3.8) is 0 Å². The normalized spacial score (nSPS) is 16.3. The molecule has 7 aromatic carbocycles. The van der Waals surface area contributed by atoms with E-state index in [0.717, 1.165) is 5.69 Å². The summed E-state index contributed by atoms with van der Waals surface area (Å²) in [6.45, 7) is 9.69. The zero-order valence-electron chi connectivity index (χ0n) is 29.4. The van der Waals surface area contributed by atoms with Crippen LogP contribution in [0.4, 0.5) is 51.2 Å². The third-order valence-corrected chi connectivity index (χ3v) is 15.1. The van der Waals surface area contributed by atoms with Gasteiger partial charge >= 0.3 is 223 Å². The quantitative estimate of drug-likeness (QED) is 0.172. The summed E-state index contributed by atoms with van der Waals surface area (Å²) in [5.74, 6) is 0. The van der Waals surface area contributed by atoms with E-state index < -0.39 is 7.26 Å². The number of rotatable bonds is 3. The van der Waals surface area contributed by atoms with Gasteiger partial charge in [0.25, 0.3) is 0 Å². The molecule has 0 saturated heterocycles. The van der Waals surface area contributed by atoms with Gasteiger partial charge in [-0.15, -0.1) is 0 Å². The Morgan fingerprint density at radius 2 is 0.922 bits per heavy atom. The van der Waals surface area contributed by atoms with Gasteiger partial charge in [0, 0.05) is 0 Å². The minimum atomic E-state index is -1.85. The molecule has 0 amide bonds. The summed E-state index contributed by atoms with van der Waals surface area (Å²) in [7, 11) is -1.85. The molecule has 0 N–H and O–H groups in total. The first-order valence-corrected chi connectivity index (χ1v) is 21.0. The molecule has 3 aliphatic rings. The molecule has 3 heterocycles. The molecular weight excluding hydrogens is 638 g/mol. The molecule has 10 rings (SSSR count). The Morgan fingerprint density at radius 3 is 1.59 bits per heavy atom. The van der Waals surface area contributed by atoms with E-state index in [0.29, 0.717) is 0 Å². The summed E-state index contributed by atoms with van der Waals surface area (Å²) in [5, 5.41) is 2.96. The van der Waals surface area contributed by atoms with Crippen LogP contribution in [-0.4, -0.2) is 13.3 Å². The molecule has 0 fully saturated rings. The fourth-order valence-electron chi connectivity index (χ4n) is 8.97. The van der Waals surface area contributed by atoms with Crippen LogP contribution in [0.2, 0.25) is 0 Å². The van der Waals surface area contributed by atoms with Crippen molar-refractivity contribution in [1.82, 2.24) is 0 Å². The SMILES string of the molecule is CC1(C)c2ccccc2N2c3cc(-c4ccccc4)ccc3N(c3ccc(N4c5ccccc5[PH](C)(C)c5ccccc54)cc3)c3cccc1c32. The van der Waals surface area contributed by atoms with E-state index in [1.807, 2.05) is 0 Å². The summed E-state index contributed by atoms with van der Waals surface area (Å²) in [6.07, 6.45) is 0. The van der Waals surface area contributed by atoms with Crippen molar-refractivity contribution in [3.05, 3.63) is 175 Å². The Kier molecular flexibility index (Phi) is 6.48. The van der Waals surface area contributed by atoms with Gasteiger partial charge in [0.2, 0.25) is 0 Å². The second-order valence-electron chi connectivity index (χ2n) is 15.1. The number of hydrogen-bond donors (Lipinski definition) is 0. The Labute approximate surface area is 301 Å². The first-order valence-electron chi connectivity index (χ1n) is 18.0. The zero-order chi connectivity index (χ0) is 34.5. The molecule has 0 unspecified atom stereocenters. The van der Waals surface area contributed by atoms with Gasteiger partial charge in [-0.25, -0.2) is 0 Å². The van der Waals surface area contributed by atoms with E-state index in [2.05, 4.69) is 206 Å².